The molecule has 0 spiro atoms. The first-order valence-electron chi connectivity index (χ1n) is 0.659. The highest BCUT2D eigenvalue weighted by Gasteiger charge is 1.45. The molecular formula is CHO2Si. The summed E-state index contributed by atoms with van der Waals surface area (Å²) in [5.74, 6) is 0. The van der Waals surface area contributed by atoms with Crippen LogP contribution in [0, 0.1) is 6.00 Å². The van der Waals surface area contributed by atoms with Crippen LogP contribution in [0.5, 0.6) is 0 Å². The first kappa shape index (κ1) is 3.76. The fraction of sp³-hybridized carbons (Fsp3) is 0. The zero-order valence-corrected chi connectivity index (χ0v) is 2.89. The molecule has 0 saturated heterocycles. The van der Waals surface area contributed by atoms with Gasteiger partial charge in [-0.3, -0.25) is 0 Å². The van der Waals surface area contributed by atoms with Crippen LogP contribution in [0.2, 0.25) is 0 Å². The largest absolute Gasteiger partial charge is 0.324 e. The van der Waals surface area contributed by atoms with E-state index in [1.54, 1.807) is 0 Å². The van der Waals surface area contributed by atoms with Crippen molar-refractivity contribution in [2.45, 2.75) is 0 Å². The van der Waals surface area contributed by atoms with E-state index in [4.69, 9.17) is 5.26 Å². The maximum absolute atomic E-state index is 8.69. The fourth-order valence-electron chi connectivity index (χ4n) is 0. The Kier molecular flexibility index (Phi) is 2.59. The summed E-state index contributed by atoms with van der Waals surface area (Å²) in [5.41, 5.74) is 0. The topological polar surface area (TPSA) is 29.1 Å². The Labute approximate surface area is 26.2 Å². The van der Waals surface area contributed by atoms with E-state index in [-0.39, 0.29) is 0 Å². The molecule has 2 nitrogen and oxygen atoms in total. The smallest absolute Gasteiger partial charge is 0.299 e. The van der Waals surface area contributed by atoms with Gasteiger partial charge in [0.15, 0.2) is 0 Å². The molecule has 0 aliphatic carbocycles. The molecule has 0 aromatic carbocycles. The van der Waals surface area contributed by atoms with Gasteiger partial charge in [0.25, 0.3) is 9.20 Å². The molecule has 21 valence electrons. The zero-order chi connectivity index (χ0) is 3.41. The summed E-state index contributed by atoms with van der Waals surface area (Å²) >= 11 is 0. The van der Waals surface area contributed by atoms with Gasteiger partial charge in [0, 0.05) is 5.26 Å². The predicted octanol–water partition coefficient (Wildman–Crippen LogP) is -0.443. The van der Waals surface area contributed by atoms with Crippen molar-refractivity contribution in [1.82, 2.24) is 0 Å². The maximum Gasteiger partial charge on any atom is 0.299 e. The molecule has 0 fully saturated rings. The van der Waals surface area contributed by atoms with Crippen molar-refractivity contribution < 1.29 is 9.83 Å². The Balaban J connectivity index is 2.43. The summed E-state index contributed by atoms with van der Waals surface area (Å²) in [5, 5.41) is 8.69. The van der Waals surface area contributed by atoms with Gasteiger partial charge in [-0.05, 0) is 0 Å². The van der Waals surface area contributed by atoms with Gasteiger partial charge < -0.3 is 4.58 Å². The standard InChI is InChI=1S/CHO2Si/c1-4-3-2/h1H. The lowest BCUT2D eigenvalue weighted by atomic mass is 12.0. The summed E-state index contributed by atoms with van der Waals surface area (Å²) in [6.45, 7) is 0. The van der Waals surface area contributed by atoms with Crippen LogP contribution in [0.4, 0.5) is 0 Å². The highest BCUT2D eigenvalue weighted by Crippen LogP contribution is 1.32. The van der Waals surface area contributed by atoms with E-state index in [0.717, 1.165) is 0 Å². The van der Waals surface area contributed by atoms with Crippen LogP contribution in [-0.4, -0.2) is 9.20 Å². The molecule has 0 saturated carbocycles. The molecule has 0 aromatic heterocycles. The second-order valence-electron chi connectivity index (χ2n) is 0.201. The van der Waals surface area contributed by atoms with E-state index < -0.39 is 9.20 Å². The molecular weight excluding hydrogens is 72.1 g/mol. The SMILES string of the molecule is C#[Si]O[O]. The Hall–Kier alpha value is -0.243. The summed E-state index contributed by atoms with van der Waals surface area (Å²) in [6.07, 6.45) is 0. The number of hydrogen-bond donors (Lipinski definition) is 0. The minimum atomic E-state index is -0.415. The quantitative estimate of drug-likeness (QED) is 0.217. The average Bonchev–Trinajstić information content (AvgIpc) is 1.37. The normalized spacial score (nSPS) is 4.00. The van der Waals surface area contributed by atoms with E-state index in [0.29, 0.717) is 0 Å². The molecule has 1 radical (unpaired) electrons. The van der Waals surface area contributed by atoms with Crippen LogP contribution < -0.4 is 0 Å². The maximum atomic E-state index is 8.69. The monoisotopic (exact) mass is 73.0 g/mol. The summed E-state index contributed by atoms with van der Waals surface area (Å²) in [4.78, 5) is 0. The van der Waals surface area contributed by atoms with Gasteiger partial charge in [-0.2, -0.15) is 0 Å². The highest BCUT2D eigenvalue weighted by atomic mass is 28.2. The van der Waals surface area contributed by atoms with Gasteiger partial charge in [0.1, 0.15) is 0 Å². The van der Waals surface area contributed by atoms with Gasteiger partial charge in [-0.15, -0.1) is 6.00 Å². The molecule has 0 aliphatic heterocycles. The zero-order valence-electron chi connectivity index (χ0n) is 1.89. The Morgan fingerprint density at radius 1 is 2.00 bits per heavy atom. The van der Waals surface area contributed by atoms with Crippen molar-refractivity contribution in [1.29, 1.82) is 0 Å². The minimum absolute atomic E-state index is 0.415. The van der Waals surface area contributed by atoms with E-state index in [2.05, 4.69) is 10.6 Å². The van der Waals surface area contributed by atoms with Crippen LogP contribution in [0.3, 0.4) is 0 Å². The third-order valence-electron chi connectivity index (χ3n) is 0.0481. The van der Waals surface area contributed by atoms with E-state index in [9.17, 15) is 0 Å². The van der Waals surface area contributed by atoms with E-state index in [1.165, 1.54) is 0 Å². The van der Waals surface area contributed by atoms with Crippen molar-refractivity contribution in [3.05, 3.63) is 0 Å². The van der Waals surface area contributed by atoms with Crippen LogP contribution in [0.1, 0.15) is 0 Å². The van der Waals surface area contributed by atoms with Crippen molar-refractivity contribution >= 4 is 9.20 Å². The molecule has 0 heterocycles. The first-order chi connectivity index (χ1) is 1.91. The van der Waals surface area contributed by atoms with Crippen LogP contribution in [0.15, 0.2) is 0 Å². The molecule has 3 heteroatoms. The minimum Gasteiger partial charge on any atom is -0.324 e. The molecule has 0 aliphatic rings. The summed E-state index contributed by atoms with van der Waals surface area (Å²) in [7, 11) is -0.415. The second kappa shape index (κ2) is 2.76. The third-order valence-corrected chi connectivity index (χ3v) is 0.144. The molecule has 0 aromatic rings. The Morgan fingerprint density at radius 2 is 2.25 bits per heavy atom. The predicted molar refractivity (Wildman–Crippen MR) is 12.5 cm³/mol. The second-order valence-corrected chi connectivity index (χ2v) is 0.604. The van der Waals surface area contributed by atoms with Crippen molar-refractivity contribution in [2.75, 3.05) is 0 Å². The van der Waals surface area contributed by atoms with E-state index >= 15 is 0 Å². The molecule has 0 rings (SSSR count). The third kappa shape index (κ3) is 1.76. The molecule has 4 heavy (non-hydrogen) atoms. The van der Waals surface area contributed by atoms with Gasteiger partial charge in [-0.25, -0.2) is 0 Å². The van der Waals surface area contributed by atoms with Gasteiger partial charge in [-0.1, -0.05) is 0 Å². The lowest BCUT2D eigenvalue weighted by Gasteiger charge is -1.57. The fourth-order valence-corrected chi connectivity index (χ4v) is 0. The average molecular weight is 73.1 g/mol. The lowest BCUT2D eigenvalue weighted by Crippen LogP contribution is -1.65. The Bertz CT molecular complexity index is 35.8. The highest BCUT2D eigenvalue weighted by molar-refractivity contribution is 6.11. The van der Waals surface area contributed by atoms with Gasteiger partial charge in [0.2, 0.25) is 0 Å². The van der Waals surface area contributed by atoms with Gasteiger partial charge in [0.05, 0.1) is 0 Å². The molecule has 0 atom stereocenters. The number of rotatable bonds is 0. The van der Waals surface area contributed by atoms with Crippen LogP contribution >= 0.6 is 0 Å². The summed E-state index contributed by atoms with van der Waals surface area (Å²) < 4.78 is 3.10. The van der Waals surface area contributed by atoms with Crippen molar-refractivity contribution in [3.8, 4) is 6.00 Å². The molecule has 0 bridgehead atoms. The van der Waals surface area contributed by atoms with Crippen molar-refractivity contribution in [3.63, 3.8) is 0 Å². The van der Waals surface area contributed by atoms with Gasteiger partial charge >= 0.3 is 0 Å². The lowest BCUT2D eigenvalue weighted by molar-refractivity contribution is -0.206. The number of hydrogen-bond acceptors (Lipinski definition) is 1. The van der Waals surface area contributed by atoms with Crippen LogP contribution in [-0.2, 0) is 9.83 Å². The molecule has 0 N–H and O–H groups in total. The first-order valence-corrected chi connectivity index (χ1v) is 1.65. The van der Waals surface area contributed by atoms with Crippen molar-refractivity contribution in [2.24, 2.45) is 0 Å². The van der Waals surface area contributed by atoms with E-state index in [1.807, 2.05) is 0 Å². The Morgan fingerprint density at radius 3 is 2.25 bits per heavy atom. The molecule has 0 amide bonds. The summed E-state index contributed by atoms with van der Waals surface area (Å²) in [6, 6.07) is 4.52. The molecule has 0 unspecified atom stereocenters. The van der Waals surface area contributed by atoms with Crippen LogP contribution in [0.25, 0.3) is 0 Å².